The Balaban J connectivity index is 2.66. The molecule has 0 bridgehead atoms. The van der Waals surface area contributed by atoms with Crippen molar-refractivity contribution in [3.05, 3.63) is 0 Å². The zero-order valence-corrected chi connectivity index (χ0v) is 7.57. The van der Waals surface area contributed by atoms with Crippen molar-refractivity contribution in [2.24, 2.45) is 5.92 Å². The van der Waals surface area contributed by atoms with Crippen LogP contribution in [0, 0.1) is 5.92 Å². The van der Waals surface area contributed by atoms with Gasteiger partial charge in [0.05, 0.1) is 6.10 Å². The number of aliphatic carboxylic acids is 1. The molecule has 1 fully saturated rings. The quantitative estimate of drug-likeness (QED) is 0.603. The predicted octanol–water partition coefficient (Wildman–Crippen LogP) is 0.430. The largest absolute Gasteiger partial charge is 0.480 e. The lowest BCUT2D eigenvalue weighted by Gasteiger charge is -2.36. The Labute approximate surface area is 71.9 Å². The van der Waals surface area contributed by atoms with Gasteiger partial charge in [-0.3, -0.25) is 10.1 Å². The van der Waals surface area contributed by atoms with Crippen molar-refractivity contribution in [2.75, 3.05) is 0 Å². The number of ether oxygens (including phenoxy) is 1. The highest BCUT2D eigenvalue weighted by molar-refractivity contribution is 5.74. The van der Waals surface area contributed by atoms with Crippen molar-refractivity contribution in [3.63, 3.8) is 0 Å². The van der Waals surface area contributed by atoms with E-state index in [1.165, 1.54) is 0 Å². The van der Waals surface area contributed by atoms with Gasteiger partial charge in [0.1, 0.15) is 12.3 Å². The third-order valence-corrected chi connectivity index (χ3v) is 2.37. The molecule has 4 nitrogen and oxygen atoms in total. The molecular formula is C8H15NO3. The highest BCUT2D eigenvalue weighted by atomic mass is 16.5. The number of carboxylic acids is 1. The van der Waals surface area contributed by atoms with Crippen molar-refractivity contribution in [2.45, 2.75) is 39.1 Å². The van der Waals surface area contributed by atoms with Gasteiger partial charge in [0.25, 0.3) is 0 Å². The molecule has 4 heteroatoms. The molecule has 0 aromatic heterocycles. The SMILES string of the molecule is C[C@H]1[C@H](C)O[C@H](C)N[C@@H]1C(=O)O. The first-order valence-corrected chi connectivity index (χ1v) is 4.16. The molecule has 0 radical (unpaired) electrons. The van der Waals surface area contributed by atoms with Gasteiger partial charge in [-0.2, -0.15) is 0 Å². The van der Waals surface area contributed by atoms with E-state index in [0.717, 1.165) is 0 Å². The Morgan fingerprint density at radius 2 is 2.00 bits per heavy atom. The minimum atomic E-state index is -0.801. The van der Waals surface area contributed by atoms with Crippen LogP contribution in [0.3, 0.4) is 0 Å². The van der Waals surface area contributed by atoms with Crippen LogP contribution in [0.1, 0.15) is 20.8 Å². The van der Waals surface area contributed by atoms with Gasteiger partial charge in [-0.1, -0.05) is 6.92 Å². The van der Waals surface area contributed by atoms with Crippen LogP contribution in [0.4, 0.5) is 0 Å². The fourth-order valence-electron chi connectivity index (χ4n) is 1.46. The maximum Gasteiger partial charge on any atom is 0.321 e. The molecule has 0 amide bonds. The maximum absolute atomic E-state index is 10.7. The third kappa shape index (κ3) is 1.76. The van der Waals surface area contributed by atoms with E-state index in [1.54, 1.807) is 0 Å². The zero-order valence-electron chi connectivity index (χ0n) is 7.57. The second kappa shape index (κ2) is 3.41. The Morgan fingerprint density at radius 3 is 2.50 bits per heavy atom. The number of rotatable bonds is 1. The molecule has 1 saturated heterocycles. The highest BCUT2D eigenvalue weighted by Crippen LogP contribution is 2.19. The molecule has 1 aliphatic rings. The van der Waals surface area contributed by atoms with Crippen molar-refractivity contribution >= 4 is 5.97 Å². The summed E-state index contributed by atoms with van der Waals surface area (Å²) < 4.78 is 5.40. The van der Waals surface area contributed by atoms with Crippen LogP contribution >= 0.6 is 0 Å². The van der Waals surface area contributed by atoms with Crippen LogP contribution < -0.4 is 5.32 Å². The van der Waals surface area contributed by atoms with Gasteiger partial charge >= 0.3 is 5.97 Å². The van der Waals surface area contributed by atoms with Crippen molar-refractivity contribution in [1.29, 1.82) is 0 Å². The zero-order chi connectivity index (χ0) is 9.30. The molecule has 0 aromatic rings. The number of hydrogen-bond acceptors (Lipinski definition) is 3. The molecule has 1 rings (SSSR count). The van der Waals surface area contributed by atoms with Crippen LogP contribution in [0.15, 0.2) is 0 Å². The summed E-state index contributed by atoms with van der Waals surface area (Å²) in [4.78, 5) is 10.7. The lowest BCUT2D eigenvalue weighted by Crippen LogP contribution is -2.56. The minimum Gasteiger partial charge on any atom is -0.480 e. The Morgan fingerprint density at radius 1 is 1.42 bits per heavy atom. The van der Waals surface area contributed by atoms with Gasteiger partial charge in [-0.15, -0.1) is 0 Å². The topological polar surface area (TPSA) is 58.6 Å². The summed E-state index contributed by atoms with van der Waals surface area (Å²) in [7, 11) is 0. The number of nitrogens with one attached hydrogen (secondary N) is 1. The summed E-state index contributed by atoms with van der Waals surface area (Å²) in [6.07, 6.45) is -0.167. The summed E-state index contributed by atoms with van der Waals surface area (Å²) in [5.41, 5.74) is 0. The second-order valence-corrected chi connectivity index (χ2v) is 3.33. The molecule has 70 valence electrons. The van der Waals surface area contributed by atoms with Gasteiger partial charge in [0.15, 0.2) is 0 Å². The Kier molecular flexibility index (Phi) is 2.69. The van der Waals surface area contributed by atoms with Gasteiger partial charge in [0, 0.05) is 5.92 Å². The van der Waals surface area contributed by atoms with Crippen LogP contribution in [0.5, 0.6) is 0 Å². The number of carbonyl (C=O) groups is 1. The van der Waals surface area contributed by atoms with E-state index in [1.807, 2.05) is 20.8 Å². The number of carboxylic acid groups (broad SMARTS) is 1. The summed E-state index contributed by atoms with van der Waals surface area (Å²) in [5.74, 6) is -0.789. The van der Waals surface area contributed by atoms with Gasteiger partial charge < -0.3 is 9.84 Å². The average Bonchev–Trinajstić information content (AvgIpc) is 1.96. The lowest BCUT2D eigenvalue weighted by molar-refractivity contribution is -0.153. The van der Waals surface area contributed by atoms with E-state index in [2.05, 4.69) is 5.32 Å². The monoisotopic (exact) mass is 173 g/mol. The molecular weight excluding hydrogens is 158 g/mol. The third-order valence-electron chi connectivity index (χ3n) is 2.37. The van der Waals surface area contributed by atoms with Gasteiger partial charge in [0.2, 0.25) is 0 Å². The van der Waals surface area contributed by atoms with Crippen LogP contribution in [-0.4, -0.2) is 29.4 Å². The van der Waals surface area contributed by atoms with E-state index in [-0.39, 0.29) is 18.2 Å². The van der Waals surface area contributed by atoms with E-state index in [0.29, 0.717) is 0 Å². The molecule has 2 N–H and O–H groups in total. The Bertz CT molecular complexity index is 183. The normalized spacial score (nSPS) is 42.6. The molecule has 0 unspecified atom stereocenters. The van der Waals surface area contributed by atoms with E-state index in [4.69, 9.17) is 9.84 Å². The van der Waals surface area contributed by atoms with Gasteiger partial charge in [-0.25, -0.2) is 0 Å². The molecule has 0 aromatic carbocycles. The summed E-state index contributed by atoms with van der Waals surface area (Å²) in [6, 6.07) is -0.483. The number of hydrogen-bond donors (Lipinski definition) is 2. The minimum absolute atomic E-state index is 0.00218. The standard InChI is InChI=1S/C8H15NO3/c1-4-5(2)12-6(3)9-7(4)8(10)11/h4-7,9H,1-3H3,(H,10,11)/t4-,5-,6+,7-/m0/s1. The molecule has 1 heterocycles. The fourth-order valence-corrected chi connectivity index (χ4v) is 1.46. The molecule has 0 spiro atoms. The first kappa shape index (κ1) is 9.48. The molecule has 0 saturated carbocycles. The highest BCUT2D eigenvalue weighted by Gasteiger charge is 2.35. The van der Waals surface area contributed by atoms with Crippen molar-refractivity contribution in [3.8, 4) is 0 Å². The van der Waals surface area contributed by atoms with E-state index < -0.39 is 12.0 Å². The average molecular weight is 173 g/mol. The second-order valence-electron chi connectivity index (χ2n) is 3.33. The van der Waals surface area contributed by atoms with Crippen LogP contribution in [-0.2, 0) is 9.53 Å². The van der Waals surface area contributed by atoms with Crippen LogP contribution in [0.2, 0.25) is 0 Å². The smallest absolute Gasteiger partial charge is 0.321 e. The summed E-state index contributed by atoms with van der Waals surface area (Å²) >= 11 is 0. The maximum atomic E-state index is 10.7. The Hall–Kier alpha value is -0.610. The first-order valence-electron chi connectivity index (χ1n) is 4.16. The van der Waals surface area contributed by atoms with E-state index >= 15 is 0 Å². The molecule has 0 aliphatic carbocycles. The summed E-state index contributed by atoms with van der Waals surface area (Å²) in [5, 5.41) is 11.7. The fraction of sp³-hybridized carbons (Fsp3) is 0.875. The van der Waals surface area contributed by atoms with Crippen molar-refractivity contribution in [1.82, 2.24) is 5.32 Å². The van der Waals surface area contributed by atoms with E-state index in [9.17, 15) is 4.79 Å². The molecule has 1 aliphatic heterocycles. The summed E-state index contributed by atoms with van der Waals surface area (Å²) in [6.45, 7) is 5.60. The predicted molar refractivity (Wildman–Crippen MR) is 43.7 cm³/mol. The first-order chi connectivity index (χ1) is 5.52. The van der Waals surface area contributed by atoms with Crippen molar-refractivity contribution < 1.29 is 14.6 Å². The molecule has 12 heavy (non-hydrogen) atoms. The lowest BCUT2D eigenvalue weighted by atomic mass is 9.95. The molecule has 4 atom stereocenters. The van der Waals surface area contributed by atoms with Crippen LogP contribution in [0.25, 0.3) is 0 Å². The van der Waals surface area contributed by atoms with Gasteiger partial charge in [-0.05, 0) is 13.8 Å².